The van der Waals surface area contributed by atoms with Crippen LogP contribution in [0.3, 0.4) is 0 Å². The number of nitrogens with one attached hydrogen (secondary N) is 2. The molecule has 0 spiro atoms. The van der Waals surface area contributed by atoms with Gasteiger partial charge in [0.15, 0.2) is 0 Å². The zero-order valence-electron chi connectivity index (χ0n) is 11.3. The lowest BCUT2D eigenvalue weighted by Gasteiger charge is -2.32. The number of nitrogens with zero attached hydrogens (tertiary/aromatic N) is 1. The number of carbonyl (C=O) groups is 2. The van der Waals surface area contributed by atoms with Gasteiger partial charge in [-0.1, -0.05) is 18.2 Å². The van der Waals surface area contributed by atoms with E-state index in [0.29, 0.717) is 13.0 Å². The SMILES string of the molecule is CCNC(=O)CNC1CC(=O)N(C)c2ccccc21. The summed E-state index contributed by atoms with van der Waals surface area (Å²) in [6.45, 7) is 2.72. The van der Waals surface area contributed by atoms with Crippen molar-refractivity contribution in [3.63, 3.8) is 0 Å². The van der Waals surface area contributed by atoms with Crippen LogP contribution in [0.5, 0.6) is 0 Å². The normalized spacial score (nSPS) is 18.1. The van der Waals surface area contributed by atoms with E-state index in [1.807, 2.05) is 31.2 Å². The Morgan fingerprint density at radius 3 is 2.89 bits per heavy atom. The molecule has 1 aliphatic rings. The Morgan fingerprint density at radius 1 is 1.42 bits per heavy atom. The largest absolute Gasteiger partial charge is 0.355 e. The summed E-state index contributed by atoms with van der Waals surface area (Å²) >= 11 is 0. The Morgan fingerprint density at radius 2 is 2.16 bits per heavy atom. The van der Waals surface area contributed by atoms with Crippen LogP contribution in [0.15, 0.2) is 24.3 Å². The fourth-order valence-corrected chi connectivity index (χ4v) is 2.30. The van der Waals surface area contributed by atoms with Crippen molar-refractivity contribution in [3.8, 4) is 0 Å². The Hall–Kier alpha value is -1.88. The van der Waals surface area contributed by atoms with E-state index in [4.69, 9.17) is 0 Å². The van der Waals surface area contributed by atoms with Crippen LogP contribution in [0.1, 0.15) is 24.9 Å². The number of carbonyl (C=O) groups excluding carboxylic acids is 2. The Bertz CT molecular complexity index is 487. The predicted molar refractivity (Wildman–Crippen MR) is 73.9 cm³/mol. The molecular formula is C14H19N3O2. The maximum Gasteiger partial charge on any atom is 0.233 e. The highest BCUT2D eigenvalue weighted by molar-refractivity contribution is 5.96. The first-order chi connectivity index (χ1) is 9.13. The van der Waals surface area contributed by atoms with Gasteiger partial charge in [0.05, 0.1) is 6.54 Å². The predicted octanol–water partition coefficient (Wildman–Crippen LogP) is 0.820. The van der Waals surface area contributed by atoms with E-state index in [1.54, 1.807) is 11.9 Å². The minimum absolute atomic E-state index is 0.0497. The molecule has 2 N–H and O–H groups in total. The molecule has 19 heavy (non-hydrogen) atoms. The molecular weight excluding hydrogens is 242 g/mol. The molecule has 1 aromatic rings. The summed E-state index contributed by atoms with van der Waals surface area (Å²) in [5.41, 5.74) is 1.97. The lowest BCUT2D eigenvalue weighted by molar-refractivity contribution is -0.121. The molecule has 1 unspecified atom stereocenters. The molecule has 0 saturated carbocycles. The van der Waals surface area contributed by atoms with Gasteiger partial charge in [0.25, 0.3) is 0 Å². The second-order valence-corrected chi connectivity index (χ2v) is 4.60. The van der Waals surface area contributed by atoms with E-state index in [9.17, 15) is 9.59 Å². The molecule has 0 bridgehead atoms. The maximum absolute atomic E-state index is 11.9. The summed E-state index contributed by atoms with van der Waals surface area (Å²) in [5, 5.41) is 5.89. The fraction of sp³-hybridized carbons (Fsp3) is 0.429. The van der Waals surface area contributed by atoms with E-state index in [1.165, 1.54) is 0 Å². The van der Waals surface area contributed by atoms with E-state index < -0.39 is 0 Å². The van der Waals surface area contributed by atoms with Crippen molar-refractivity contribution in [2.24, 2.45) is 0 Å². The Balaban J connectivity index is 2.12. The van der Waals surface area contributed by atoms with Crippen molar-refractivity contribution >= 4 is 17.5 Å². The zero-order valence-corrected chi connectivity index (χ0v) is 11.3. The van der Waals surface area contributed by atoms with Gasteiger partial charge in [0.1, 0.15) is 0 Å². The van der Waals surface area contributed by atoms with Crippen LogP contribution in [0.4, 0.5) is 5.69 Å². The molecule has 0 aliphatic carbocycles. The van der Waals surface area contributed by atoms with Gasteiger partial charge in [-0.25, -0.2) is 0 Å². The fourth-order valence-electron chi connectivity index (χ4n) is 2.30. The van der Waals surface area contributed by atoms with Gasteiger partial charge in [0, 0.05) is 31.7 Å². The highest BCUT2D eigenvalue weighted by Crippen LogP contribution is 2.33. The first-order valence-corrected chi connectivity index (χ1v) is 6.49. The quantitative estimate of drug-likeness (QED) is 0.843. The summed E-state index contributed by atoms with van der Waals surface area (Å²) < 4.78 is 0. The van der Waals surface area contributed by atoms with Crippen LogP contribution in [0.2, 0.25) is 0 Å². The Labute approximate surface area is 113 Å². The van der Waals surface area contributed by atoms with E-state index in [-0.39, 0.29) is 24.4 Å². The summed E-state index contributed by atoms with van der Waals surface area (Å²) in [6, 6.07) is 7.68. The summed E-state index contributed by atoms with van der Waals surface area (Å²) in [5.74, 6) is 0.0125. The van der Waals surface area contributed by atoms with Crippen molar-refractivity contribution in [1.29, 1.82) is 0 Å². The van der Waals surface area contributed by atoms with Crippen molar-refractivity contribution in [2.75, 3.05) is 25.0 Å². The minimum Gasteiger partial charge on any atom is -0.355 e. The molecule has 1 heterocycles. The van der Waals surface area contributed by atoms with Crippen LogP contribution in [0.25, 0.3) is 0 Å². The number of benzene rings is 1. The maximum atomic E-state index is 11.9. The molecule has 0 saturated heterocycles. The number of amides is 2. The van der Waals surface area contributed by atoms with E-state index in [0.717, 1.165) is 11.3 Å². The van der Waals surface area contributed by atoms with Gasteiger partial charge in [-0.05, 0) is 18.6 Å². The third-order valence-electron chi connectivity index (χ3n) is 3.31. The van der Waals surface area contributed by atoms with Crippen molar-refractivity contribution < 1.29 is 9.59 Å². The van der Waals surface area contributed by atoms with Gasteiger partial charge in [0.2, 0.25) is 11.8 Å². The third-order valence-corrected chi connectivity index (χ3v) is 3.31. The molecule has 102 valence electrons. The second-order valence-electron chi connectivity index (χ2n) is 4.60. The van der Waals surface area contributed by atoms with Crippen molar-refractivity contribution in [1.82, 2.24) is 10.6 Å². The van der Waals surface area contributed by atoms with Crippen LogP contribution >= 0.6 is 0 Å². The van der Waals surface area contributed by atoms with Gasteiger partial charge >= 0.3 is 0 Å². The van der Waals surface area contributed by atoms with Crippen LogP contribution in [0, 0.1) is 0 Å². The van der Waals surface area contributed by atoms with Gasteiger partial charge in [-0.3, -0.25) is 9.59 Å². The number of fused-ring (bicyclic) bond motifs is 1. The molecule has 0 radical (unpaired) electrons. The highest BCUT2D eigenvalue weighted by Gasteiger charge is 2.28. The zero-order chi connectivity index (χ0) is 13.8. The summed E-state index contributed by atoms with van der Waals surface area (Å²) in [7, 11) is 1.78. The summed E-state index contributed by atoms with van der Waals surface area (Å²) in [6.07, 6.45) is 0.382. The first-order valence-electron chi connectivity index (χ1n) is 6.49. The van der Waals surface area contributed by atoms with Gasteiger partial charge in [-0.15, -0.1) is 0 Å². The topological polar surface area (TPSA) is 61.4 Å². The molecule has 1 atom stereocenters. The van der Waals surface area contributed by atoms with Crippen LogP contribution in [-0.2, 0) is 9.59 Å². The molecule has 0 fully saturated rings. The Kier molecular flexibility index (Phi) is 4.16. The van der Waals surface area contributed by atoms with Crippen molar-refractivity contribution in [3.05, 3.63) is 29.8 Å². The number of hydrogen-bond acceptors (Lipinski definition) is 3. The van der Waals surface area contributed by atoms with Crippen LogP contribution < -0.4 is 15.5 Å². The molecule has 2 rings (SSSR count). The highest BCUT2D eigenvalue weighted by atomic mass is 16.2. The average molecular weight is 261 g/mol. The van der Waals surface area contributed by atoms with Gasteiger partial charge < -0.3 is 15.5 Å². The van der Waals surface area contributed by atoms with E-state index in [2.05, 4.69) is 10.6 Å². The standard InChI is InChI=1S/C14H19N3O2/c1-3-15-13(18)9-16-11-8-14(19)17(2)12-7-5-4-6-10(11)12/h4-7,11,16H,3,8-9H2,1-2H3,(H,15,18). The van der Waals surface area contributed by atoms with Crippen molar-refractivity contribution in [2.45, 2.75) is 19.4 Å². The number of likely N-dealkylation sites (N-methyl/N-ethyl adjacent to an activating group) is 1. The lowest BCUT2D eigenvalue weighted by atomic mass is 9.96. The van der Waals surface area contributed by atoms with Gasteiger partial charge in [-0.2, -0.15) is 0 Å². The molecule has 5 heteroatoms. The molecule has 5 nitrogen and oxygen atoms in total. The summed E-state index contributed by atoms with van der Waals surface area (Å²) in [4.78, 5) is 25.1. The lowest BCUT2D eigenvalue weighted by Crippen LogP contribution is -2.41. The minimum atomic E-state index is -0.0949. The molecule has 0 aromatic heterocycles. The van der Waals surface area contributed by atoms with E-state index >= 15 is 0 Å². The smallest absolute Gasteiger partial charge is 0.233 e. The number of anilines is 1. The number of para-hydroxylation sites is 1. The molecule has 1 aromatic carbocycles. The molecule has 1 aliphatic heterocycles. The molecule has 2 amide bonds. The number of hydrogen-bond donors (Lipinski definition) is 2. The third kappa shape index (κ3) is 2.93. The second kappa shape index (κ2) is 5.84. The number of rotatable bonds is 4. The monoisotopic (exact) mass is 261 g/mol. The average Bonchev–Trinajstić information content (AvgIpc) is 2.42. The van der Waals surface area contributed by atoms with Crippen LogP contribution in [-0.4, -0.2) is 32.0 Å². The first kappa shape index (κ1) is 13.5.